The quantitative estimate of drug-likeness (QED) is 0.923. The van der Waals surface area contributed by atoms with Crippen LogP contribution in [0, 0.1) is 0 Å². The van der Waals surface area contributed by atoms with E-state index >= 15 is 0 Å². The number of hydrogen-bond donors (Lipinski definition) is 1. The molecule has 5 heteroatoms. The third-order valence-corrected chi connectivity index (χ3v) is 2.98. The van der Waals surface area contributed by atoms with Gasteiger partial charge in [0.25, 0.3) is 0 Å². The highest BCUT2D eigenvalue weighted by molar-refractivity contribution is 9.10. The van der Waals surface area contributed by atoms with Crippen LogP contribution in [0.5, 0.6) is 0 Å². The average molecular weight is 309 g/mol. The van der Waals surface area contributed by atoms with E-state index in [1.54, 1.807) is 6.33 Å². The van der Waals surface area contributed by atoms with Crippen LogP contribution in [0.15, 0.2) is 35.1 Å². The molecule has 0 unspecified atom stereocenters. The van der Waals surface area contributed by atoms with Crippen molar-refractivity contribution in [3.63, 3.8) is 0 Å². The molecular formula is C13H17BrN4. The summed E-state index contributed by atoms with van der Waals surface area (Å²) in [5.41, 5.74) is 1.21. The molecule has 0 amide bonds. The van der Waals surface area contributed by atoms with Crippen LogP contribution < -0.4 is 5.32 Å². The van der Waals surface area contributed by atoms with E-state index in [0.717, 1.165) is 16.8 Å². The Hall–Kier alpha value is -1.20. The van der Waals surface area contributed by atoms with Gasteiger partial charge in [-0.25, -0.2) is 9.67 Å². The molecule has 0 aliphatic carbocycles. The molecule has 1 aromatic carbocycles. The second-order valence-corrected chi connectivity index (χ2v) is 5.44. The van der Waals surface area contributed by atoms with Crippen molar-refractivity contribution in [1.82, 2.24) is 20.1 Å². The Morgan fingerprint density at radius 3 is 2.94 bits per heavy atom. The Kier molecular flexibility index (Phi) is 4.49. The Balaban J connectivity index is 1.98. The summed E-state index contributed by atoms with van der Waals surface area (Å²) in [4.78, 5) is 4.28. The monoisotopic (exact) mass is 308 g/mol. The summed E-state index contributed by atoms with van der Waals surface area (Å²) >= 11 is 3.47. The van der Waals surface area contributed by atoms with Gasteiger partial charge in [-0.3, -0.25) is 0 Å². The molecule has 0 bridgehead atoms. The van der Waals surface area contributed by atoms with Gasteiger partial charge >= 0.3 is 0 Å². The molecule has 0 fully saturated rings. The van der Waals surface area contributed by atoms with Crippen molar-refractivity contribution in [2.24, 2.45) is 0 Å². The van der Waals surface area contributed by atoms with E-state index in [1.807, 2.05) is 16.8 Å². The zero-order valence-electron chi connectivity index (χ0n) is 10.6. The Morgan fingerprint density at radius 2 is 2.22 bits per heavy atom. The molecule has 96 valence electrons. The van der Waals surface area contributed by atoms with E-state index in [1.165, 1.54) is 5.56 Å². The molecule has 18 heavy (non-hydrogen) atoms. The third-order valence-electron chi connectivity index (χ3n) is 2.49. The first-order valence-corrected chi connectivity index (χ1v) is 6.79. The summed E-state index contributed by atoms with van der Waals surface area (Å²) in [6.45, 7) is 5.67. The first-order valence-electron chi connectivity index (χ1n) is 5.99. The lowest BCUT2D eigenvalue weighted by Gasteiger charge is -2.04. The van der Waals surface area contributed by atoms with Crippen LogP contribution in [0.1, 0.15) is 25.2 Å². The fourth-order valence-corrected chi connectivity index (χ4v) is 2.05. The zero-order chi connectivity index (χ0) is 13.0. The fraction of sp³-hybridized carbons (Fsp3) is 0.385. The van der Waals surface area contributed by atoms with Crippen LogP contribution in [0.2, 0.25) is 0 Å². The minimum absolute atomic E-state index is 0.446. The minimum atomic E-state index is 0.446. The van der Waals surface area contributed by atoms with E-state index in [9.17, 15) is 0 Å². The van der Waals surface area contributed by atoms with E-state index < -0.39 is 0 Å². The van der Waals surface area contributed by atoms with Gasteiger partial charge in [0.2, 0.25) is 0 Å². The molecule has 0 radical (unpaired) electrons. The van der Waals surface area contributed by atoms with Crippen LogP contribution in [0.3, 0.4) is 0 Å². The van der Waals surface area contributed by atoms with Crippen molar-refractivity contribution >= 4 is 15.9 Å². The maximum absolute atomic E-state index is 4.43. The van der Waals surface area contributed by atoms with Gasteiger partial charge in [0.15, 0.2) is 5.82 Å². The molecule has 2 rings (SSSR count). The Labute approximate surface area is 116 Å². The van der Waals surface area contributed by atoms with E-state index in [4.69, 9.17) is 0 Å². The van der Waals surface area contributed by atoms with Crippen molar-refractivity contribution in [2.45, 2.75) is 33.0 Å². The second kappa shape index (κ2) is 6.11. The third kappa shape index (κ3) is 3.92. The van der Waals surface area contributed by atoms with E-state index in [-0.39, 0.29) is 0 Å². The van der Waals surface area contributed by atoms with Gasteiger partial charge in [-0.1, -0.05) is 41.9 Å². The highest BCUT2D eigenvalue weighted by atomic mass is 79.9. The van der Waals surface area contributed by atoms with Gasteiger partial charge in [0.1, 0.15) is 6.33 Å². The fourth-order valence-electron chi connectivity index (χ4n) is 1.61. The minimum Gasteiger partial charge on any atom is -0.308 e. The molecule has 1 heterocycles. The van der Waals surface area contributed by atoms with Gasteiger partial charge in [0.05, 0.1) is 13.1 Å². The highest BCUT2D eigenvalue weighted by Crippen LogP contribution is 2.12. The summed E-state index contributed by atoms with van der Waals surface area (Å²) in [5.74, 6) is 0.832. The maximum atomic E-state index is 4.43. The molecule has 1 N–H and O–H groups in total. The summed E-state index contributed by atoms with van der Waals surface area (Å²) in [5, 5.41) is 7.74. The van der Waals surface area contributed by atoms with Gasteiger partial charge in [0, 0.05) is 10.5 Å². The lowest BCUT2D eigenvalue weighted by molar-refractivity contribution is 0.565. The average Bonchev–Trinajstić information content (AvgIpc) is 2.74. The summed E-state index contributed by atoms with van der Waals surface area (Å²) in [6, 6.07) is 8.66. The lowest BCUT2D eigenvalue weighted by Crippen LogP contribution is -2.22. The zero-order valence-corrected chi connectivity index (χ0v) is 12.2. The van der Waals surface area contributed by atoms with Crippen molar-refractivity contribution in [3.8, 4) is 0 Å². The van der Waals surface area contributed by atoms with Gasteiger partial charge < -0.3 is 5.32 Å². The van der Waals surface area contributed by atoms with Crippen LogP contribution in [-0.4, -0.2) is 20.8 Å². The molecule has 0 aliphatic heterocycles. The number of nitrogens with one attached hydrogen (secondary N) is 1. The van der Waals surface area contributed by atoms with Gasteiger partial charge in [-0.2, -0.15) is 5.10 Å². The number of rotatable bonds is 5. The number of nitrogens with zero attached hydrogens (tertiary/aromatic N) is 3. The number of hydrogen-bond acceptors (Lipinski definition) is 3. The topological polar surface area (TPSA) is 42.7 Å². The highest BCUT2D eigenvalue weighted by Gasteiger charge is 2.02. The number of benzene rings is 1. The molecular weight excluding hydrogens is 292 g/mol. The van der Waals surface area contributed by atoms with Gasteiger partial charge in [-0.05, 0) is 17.7 Å². The molecule has 2 aromatic rings. The molecule has 4 nitrogen and oxygen atoms in total. The molecule has 0 spiro atoms. The van der Waals surface area contributed by atoms with Crippen molar-refractivity contribution in [3.05, 3.63) is 46.5 Å². The molecule has 1 aromatic heterocycles. The van der Waals surface area contributed by atoms with Crippen molar-refractivity contribution in [1.29, 1.82) is 0 Å². The molecule has 0 aliphatic rings. The van der Waals surface area contributed by atoms with Crippen molar-refractivity contribution in [2.75, 3.05) is 0 Å². The molecule has 0 saturated heterocycles. The summed E-state index contributed by atoms with van der Waals surface area (Å²) < 4.78 is 2.95. The normalized spacial score (nSPS) is 11.1. The molecule has 0 saturated carbocycles. The summed E-state index contributed by atoms with van der Waals surface area (Å²) in [7, 11) is 0. The second-order valence-electron chi connectivity index (χ2n) is 4.52. The van der Waals surface area contributed by atoms with Crippen molar-refractivity contribution < 1.29 is 0 Å². The Morgan fingerprint density at radius 1 is 1.39 bits per heavy atom. The maximum Gasteiger partial charge on any atom is 0.164 e. The number of aromatic nitrogens is 3. The predicted molar refractivity (Wildman–Crippen MR) is 75.2 cm³/mol. The first-order chi connectivity index (χ1) is 8.63. The van der Waals surface area contributed by atoms with E-state index in [2.05, 4.69) is 57.3 Å². The Bertz CT molecular complexity index is 507. The van der Waals surface area contributed by atoms with Crippen LogP contribution >= 0.6 is 15.9 Å². The smallest absolute Gasteiger partial charge is 0.164 e. The van der Waals surface area contributed by atoms with Crippen LogP contribution in [-0.2, 0) is 13.1 Å². The molecule has 0 atom stereocenters. The largest absolute Gasteiger partial charge is 0.308 e. The summed E-state index contributed by atoms with van der Waals surface area (Å²) in [6.07, 6.45) is 1.78. The van der Waals surface area contributed by atoms with E-state index in [0.29, 0.717) is 12.6 Å². The number of halogens is 1. The van der Waals surface area contributed by atoms with Gasteiger partial charge in [-0.15, -0.1) is 0 Å². The predicted octanol–water partition coefficient (Wildman–Crippen LogP) is 2.59. The van der Waals surface area contributed by atoms with Crippen LogP contribution in [0.4, 0.5) is 0 Å². The standard InChI is InChI=1S/C13H17BrN4/c1-10(2)15-7-13-16-9-18(17-13)8-11-4-3-5-12(14)6-11/h3-6,9-10,15H,7-8H2,1-2H3. The lowest BCUT2D eigenvalue weighted by atomic mass is 10.2. The van der Waals surface area contributed by atoms with Crippen LogP contribution in [0.25, 0.3) is 0 Å². The first kappa shape index (κ1) is 13.2. The SMILES string of the molecule is CC(C)NCc1ncn(Cc2cccc(Br)c2)n1.